The first-order valence-corrected chi connectivity index (χ1v) is 9.50. The van der Waals surface area contributed by atoms with Crippen LogP contribution >= 0.6 is 23.4 Å². The molecular weight excluding hydrogens is 335 g/mol. The van der Waals surface area contributed by atoms with E-state index < -0.39 is 5.82 Å². The van der Waals surface area contributed by atoms with Crippen LogP contribution in [0.2, 0.25) is 5.15 Å². The van der Waals surface area contributed by atoms with Gasteiger partial charge in [0.15, 0.2) is 16.1 Å². The molecule has 2 aromatic heterocycles. The number of nitrogens with zero attached hydrogens (tertiary/aromatic N) is 4. The van der Waals surface area contributed by atoms with E-state index in [2.05, 4.69) is 14.9 Å². The average molecular weight is 353 g/mol. The Morgan fingerprint density at radius 1 is 1.26 bits per heavy atom. The van der Waals surface area contributed by atoms with Gasteiger partial charge in [0.25, 0.3) is 0 Å². The van der Waals surface area contributed by atoms with E-state index in [9.17, 15) is 4.39 Å². The van der Waals surface area contributed by atoms with Gasteiger partial charge in [-0.05, 0) is 37.9 Å². The molecule has 4 heterocycles. The molecule has 0 unspecified atom stereocenters. The molecule has 1 atom stereocenters. The zero-order valence-corrected chi connectivity index (χ0v) is 14.6. The number of pyridine rings is 1. The van der Waals surface area contributed by atoms with Crippen molar-refractivity contribution in [2.75, 3.05) is 17.2 Å². The van der Waals surface area contributed by atoms with E-state index >= 15 is 0 Å². The van der Waals surface area contributed by atoms with Crippen molar-refractivity contribution < 1.29 is 4.39 Å². The minimum atomic E-state index is -0.525. The minimum Gasteiger partial charge on any atom is -0.353 e. The van der Waals surface area contributed by atoms with E-state index in [1.54, 1.807) is 0 Å². The maximum absolute atomic E-state index is 14.6. The molecule has 2 aromatic rings. The summed E-state index contributed by atoms with van der Waals surface area (Å²) in [4.78, 5) is 15.8. The number of rotatable bonds is 2. The van der Waals surface area contributed by atoms with E-state index in [1.807, 2.05) is 6.92 Å². The maximum atomic E-state index is 14.6. The van der Waals surface area contributed by atoms with Gasteiger partial charge in [-0.25, -0.2) is 19.3 Å². The first-order valence-electron chi connectivity index (χ1n) is 8.14. The van der Waals surface area contributed by atoms with Crippen LogP contribution in [0.1, 0.15) is 38.3 Å². The van der Waals surface area contributed by atoms with E-state index in [0.29, 0.717) is 16.7 Å². The molecule has 1 fully saturated rings. The molecule has 0 saturated carbocycles. The molecule has 0 bridgehead atoms. The number of fused-ring (bicyclic) bond motifs is 2. The topological polar surface area (TPSA) is 41.9 Å². The standard InChI is InChI=1S/C16H18ClFN4S/c1-2-23-16-20-13-11-10(19-14(17)12(13)18)7-6-9-5-3-4-8-22(9)15(11)21-16/h9H,2-8H2,1H3/t9-/m0/s1. The highest BCUT2D eigenvalue weighted by Crippen LogP contribution is 2.39. The molecule has 2 aliphatic rings. The smallest absolute Gasteiger partial charge is 0.190 e. The summed E-state index contributed by atoms with van der Waals surface area (Å²) >= 11 is 7.55. The SMILES string of the molecule is CCSc1nc2c3c(nc(Cl)c(F)c3n1)CC[C@@H]1CCCCN21. The molecule has 1 saturated heterocycles. The van der Waals surface area contributed by atoms with Crippen LogP contribution < -0.4 is 4.90 Å². The highest BCUT2D eigenvalue weighted by molar-refractivity contribution is 7.99. The lowest BCUT2D eigenvalue weighted by molar-refractivity contribution is 0.438. The largest absolute Gasteiger partial charge is 0.353 e. The van der Waals surface area contributed by atoms with Crippen molar-refractivity contribution >= 4 is 40.1 Å². The molecule has 0 aliphatic carbocycles. The Morgan fingerprint density at radius 3 is 2.96 bits per heavy atom. The number of hydrogen-bond donors (Lipinski definition) is 0. The number of halogens is 2. The fraction of sp³-hybridized carbons (Fsp3) is 0.562. The Balaban J connectivity index is 2.01. The second kappa shape index (κ2) is 6.06. The van der Waals surface area contributed by atoms with Gasteiger partial charge in [0.1, 0.15) is 11.3 Å². The molecule has 0 N–H and O–H groups in total. The van der Waals surface area contributed by atoms with E-state index in [1.165, 1.54) is 18.2 Å². The molecule has 7 heteroatoms. The Morgan fingerprint density at radius 2 is 2.13 bits per heavy atom. The third kappa shape index (κ3) is 2.56. The summed E-state index contributed by atoms with van der Waals surface area (Å²) in [7, 11) is 0. The Hall–Kier alpha value is -1.14. The van der Waals surface area contributed by atoms with Crippen LogP contribution in [-0.4, -0.2) is 33.3 Å². The van der Waals surface area contributed by atoms with Gasteiger partial charge in [-0.2, -0.15) is 0 Å². The molecular formula is C16H18ClFN4S. The van der Waals surface area contributed by atoms with Gasteiger partial charge in [-0.3, -0.25) is 0 Å². The van der Waals surface area contributed by atoms with Crippen molar-refractivity contribution in [3.63, 3.8) is 0 Å². The first-order chi connectivity index (χ1) is 11.2. The summed E-state index contributed by atoms with van der Waals surface area (Å²) in [5.41, 5.74) is 1.16. The number of aryl methyl sites for hydroxylation is 1. The molecule has 2 aliphatic heterocycles. The number of anilines is 1. The average Bonchev–Trinajstić information content (AvgIpc) is 2.71. The van der Waals surface area contributed by atoms with Crippen LogP contribution in [0.3, 0.4) is 0 Å². The summed E-state index contributed by atoms with van der Waals surface area (Å²) in [6, 6.07) is 0.456. The van der Waals surface area contributed by atoms with Gasteiger partial charge in [0.05, 0.1) is 11.1 Å². The van der Waals surface area contributed by atoms with Gasteiger partial charge >= 0.3 is 0 Å². The van der Waals surface area contributed by atoms with Gasteiger partial charge in [0.2, 0.25) is 0 Å². The van der Waals surface area contributed by atoms with Gasteiger partial charge < -0.3 is 4.90 Å². The third-order valence-corrected chi connectivity index (χ3v) is 5.65. The second-order valence-electron chi connectivity index (χ2n) is 6.03. The van der Waals surface area contributed by atoms with Crippen LogP contribution in [-0.2, 0) is 6.42 Å². The molecule has 122 valence electrons. The Labute approximate surface area is 143 Å². The van der Waals surface area contributed by atoms with Gasteiger partial charge in [0, 0.05) is 12.6 Å². The minimum absolute atomic E-state index is 0.0792. The Bertz CT molecular complexity index is 770. The van der Waals surface area contributed by atoms with Crippen LogP contribution in [0.5, 0.6) is 0 Å². The summed E-state index contributed by atoms with van der Waals surface area (Å²) < 4.78 is 14.6. The van der Waals surface area contributed by atoms with Gasteiger partial charge in [-0.15, -0.1) is 0 Å². The fourth-order valence-corrected chi connectivity index (χ4v) is 4.40. The number of aromatic nitrogens is 3. The molecule has 0 amide bonds. The predicted octanol–water partition coefficient (Wildman–Crippen LogP) is 4.23. The summed E-state index contributed by atoms with van der Waals surface area (Å²) in [6.45, 7) is 3.01. The lowest BCUT2D eigenvalue weighted by Gasteiger charge is -2.36. The lowest BCUT2D eigenvalue weighted by atomic mass is 9.99. The predicted molar refractivity (Wildman–Crippen MR) is 92.0 cm³/mol. The zero-order chi connectivity index (χ0) is 16.0. The Kier molecular flexibility index (Phi) is 4.05. The van der Waals surface area contributed by atoms with Crippen LogP contribution in [0, 0.1) is 5.82 Å². The number of thioether (sulfide) groups is 1. The van der Waals surface area contributed by atoms with Crippen molar-refractivity contribution in [2.45, 2.75) is 50.2 Å². The zero-order valence-electron chi connectivity index (χ0n) is 13.0. The van der Waals surface area contributed by atoms with E-state index in [0.717, 1.165) is 54.9 Å². The normalized spacial score (nSPS) is 20.5. The summed E-state index contributed by atoms with van der Waals surface area (Å²) in [5, 5.41) is 1.30. The van der Waals surface area contributed by atoms with Crippen molar-refractivity contribution in [3.05, 3.63) is 16.7 Å². The summed E-state index contributed by atoms with van der Waals surface area (Å²) in [6.07, 6.45) is 5.36. The fourth-order valence-electron chi connectivity index (χ4n) is 3.64. The van der Waals surface area contributed by atoms with E-state index in [4.69, 9.17) is 16.6 Å². The van der Waals surface area contributed by atoms with Gasteiger partial charge in [-0.1, -0.05) is 30.3 Å². The highest BCUT2D eigenvalue weighted by atomic mass is 35.5. The second-order valence-corrected chi connectivity index (χ2v) is 7.62. The van der Waals surface area contributed by atoms with E-state index in [-0.39, 0.29) is 5.15 Å². The molecule has 4 rings (SSSR count). The van der Waals surface area contributed by atoms with Crippen LogP contribution in [0.25, 0.3) is 10.9 Å². The first kappa shape index (κ1) is 15.4. The number of hydrogen-bond acceptors (Lipinski definition) is 5. The van der Waals surface area contributed by atoms with Crippen molar-refractivity contribution in [1.29, 1.82) is 0 Å². The quantitative estimate of drug-likeness (QED) is 0.459. The summed E-state index contributed by atoms with van der Waals surface area (Å²) in [5.74, 6) is 1.18. The van der Waals surface area contributed by atoms with Crippen molar-refractivity contribution in [1.82, 2.24) is 15.0 Å². The third-order valence-electron chi connectivity index (χ3n) is 4.67. The maximum Gasteiger partial charge on any atom is 0.190 e. The van der Waals surface area contributed by atoms with Crippen molar-refractivity contribution in [3.8, 4) is 0 Å². The number of piperidine rings is 1. The lowest BCUT2D eigenvalue weighted by Crippen LogP contribution is -2.39. The molecule has 0 spiro atoms. The van der Waals surface area contributed by atoms with Crippen molar-refractivity contribution in [2.24, 2.45) is 0 Å². The molecule has 0 radical (unpaired) electrons. The molecule has 0 aromatic carbocycles. The highest BCUT2D eigenvalue weighted by Gasteiger charge is 2.31. The monoisotopic (exact) mass is 352 g/mol. The van der Waals surface area contributed by atoms with Crippen LogP contribution in [0.15, 0.2) is 5.16 Å². The molecule has 4 nitrogen and oxygen atoms in total. The molecule has 23 heavy (non-hydrogen) atoms. The van der Waals surface area contributed by atoms with Crippen LogP contribution in [0.4, 0.5) is 10.2 Å².